The van der Waals surface area contributed by atoms with Crippen molar-refractivity contribution in [1.82, 2.24) is 10.1 Å². The molecule has 0 saturated carbocycles. The van der Waals surface area contributed by atoms with Gasteiger partial charge in [-0.1, -0.05) is 5.16 Å². The Hall–Kier alpha value is -3.15. The maximum absolute atomic E-state index is 12.2. The maximum atomic E-state index is 12.2. The highest BCUT2D eigenvalue weighted by Crippen LogP contribution is 2.19. The first-order valence-electron chi connectivity index (χ1n) is 7.60. The lowest BCUT2D eigenvalue weighted by Crippen LogP contribution is -2.11. The van der Waals surface area contributed by atoms with Gasteiger partial charge in [0.15, 0.2) is 0 Å². The van der Waals surface area contributed by atoms with Crippen LogP contribution in [0.25, 0.3) is 11.4 Å². The second kappa shape index (κ2) is 6.95. The van der Waals surface area contributed by atoms with Crippen molar-refractivity contribution in [3.05, 3.63) is 60.0 Å². The van der Waals surface area contributed by atoms with Crippen molar-refractivity contribution < 1.29 is 14.1 Å². The minimum Gasteiger partial charge on any atom is -0.494 e. The molecule has 6 nitrogen and oxygen atoms in total. The lowest BCUT2D eigenvalue weighted by molar-refractivity contribution is 0.102. The van der Waals surface area contributed by atoms with Crippen molar-refractivity contribution in [3.8, 4) is 17.1 Å². The summed E-state index contributed by atoms with van der Waals surface area (Å²) in [6.07, 6.45) is 0. The van der Waals surface area contributed by atoms with E-state index in [-0.39, 0.29) is 5.91 Å². The number of amides is 1. The Labute approximate surface area is 139 Å². The zero-order chi connectivity index (χ0) is 16.9. The van der Waals surface area contributed by atoms with Gasteiger partial charge in [0.1, 0.15) is 5.75 Å². The number of nitrogens with zero attached hydrogens (tertiary/aromatic N) is 2. The van der Waals surface area contributed by atoms with Crippen LogP contribution in [0.3, 0.4) is 0 Å². The predicted octanol–water partition coefficient (Wildman–Crippen LogP) is 3.70. The molecule has 6 heteroatoms. The number of carbonyl (C=O) groups is 1. The van der Waals surface area contributed by atoms with Crippen molar-refractivity contribution in [2.75, 3.05) is 11.9 Å². The molecule has 0 aliphatic rings. The highest BCUT2D eigenvalue weighted by atomic mass is 16.5. The summed E-state index contributed by atoms with van der Waals surface area (Å²) < 4.78 is 10.3. The van der Waals surface area contributed by atoms with Gasteiger partial charge in [-0.15, -0.1) is 0 Å². The number of aromatic nitrogens is 2. The van der Waals surface area contributed by atoms with Crippen LogP contribution in [0, 0.1) is 6.92 Å². The van der Waals surface area contributed by atoms with Crippen LogP contribution >= 0.6 is 0 Å². The van der Waals surface area contributed by atoms with E-state index in [1.54, 1.807) is 43.3 Å². The molecule has 3 aromatic rings. The number of rotatable bonds is 5. The molecule has 3 rings (SSSR count). The second-order valence-electron chi connectivity index (χ2n) is 5.13. The first-order valence-corrected chi connectivity index (χ1v) is 7.60. The van der Waals surface area contributed by atoms with Crippen LogP contribution in [-0.2, 0) is 0 Å². The Morgan fingerprint density at radius 3 is 2.42 bits per heavy atom. The number of nitrogens with one attached hydrogen (secondary N) is 1. The normalized spacial score (nSPS) is 10.4. The summed E-state index contributed by atoms with van der Waals surface area (Å²) in [6, 6.07) is 14.3. The fourth-order valence-electron chi connectivity index (χ4n) is 2.19. The number of ether oxygens (including phenoxy) is 1. The van der Waals surface area contributed by atoms with E-state index in [4.69, 9.17) is 9.26 Å². The smallest absolute Gasteiger partial charge is 0.255 e. The van der Waals surface area contributed by atoms with Gasteiger partial charge in [0.25, 0.3) is 5.91 Å². The van der Waals surface area contributed by atoms with Crippen LogP contribution in [0.1, 0.15) is 23.2 Å². The molecule has 1 heterocycles. The van der Waals surface area contributed by atoms with E-state index in [9.17, 15) is 4.79 Å². The summed E-state index contributed by atoms with van der Waals surface area (Å²) in [4.78, 5) is 16.4. The average Bonchev–Trinajstić information content (AvgIpc) is 3.03. The first-order chi connectivity index (χ1) is 11.7. The molecule has 2 aromatic carbocycles. The topological polar surface area (TPSA) is 77.2 Å². The first kappa shape index (κ1) is 15.7. The van der Waals surface area contributed by atoms with Gasteiger partial charge in [-0.05, 0) is 55.5 Å². The molecule has 0 aliphatic carbocycles. The van der Waals surface area contributed by atoms with Crippen LogP contribution in [-0.4, -0.2) is 22.7 Å². The summed E-state index contributed by atoms with van der Waals surface area (Å²) in [6.45, 7) is 4.25. The van der Waals surface area contributed by atoms with Gasteiger partial charge in [0, 0.05) is 23.7 Å². The Kier molecular flexibility index (Phi) is 4.56. The molecule has 0 radical (unpaired) electrons. The third kappa shape index (κ3) is 3.60. The van der Waals surface area contributed by atoms with Crippen LogP contribution in [0.15, 0.2) is 53.1 Å². The monoisotopic (exact) mass is 323 g/mol. The number of hydrogen-bond donors (Lipinski definition) is 1. The van der Waals surface area contributed by atoms with Gasteiger partial charge in [-0.25, -0.2) is 0 Å². The van der Waals surface area contributed by atoms with E-state index in [0.29, 0.717) is 29.6 Å². The Morgan fingerprint density at radius 1 is 1.12 bits per heavy atom. The van der Waals surface area contributed by atoms with Gasteiger partial charge in [-0.3, -0.25) is 4.79 Å². The minimum atomic E-state index is -0.179. The van der Waals surface area contributed by atoms with Crippen LogP contribution < -0.4 is 10.1 Å². The molecule has 122 valence electrons. The summed E-state index contributed by atoms with van der Waals surface area (Å²) in [7, 11) is 0. The van der Waals surface area contributed by atoms with E-state index in [0.717, 1.165) is 11.3 Å². The number of benzene rings is 2. The standard InChI is InChI=1S/C18H17N3O3/c1-3-23-16-10-6-14(7-11-16)18(22)20-15-8-4-13(5-9-15)17-19-12(2)24-21-17/h4-11H,3H2,1-2H3,(H,20,22). The molecular weight excluding hydrogens is 306 g/mol. The number of carbonyl (C=O) groups excluding carboxylic acids is 1. The van der Waals surface area contributed by atoms with Gasteiger partial charge in [0.2, 0.25) is 11.7 Å². The predicted molar refractivity (Wildman–Crippen MR) is 90.0 cm³/mol. The molecule has 0 aliphatic heterocycles. The number of aryl methyl sites for hydroxylation is 1. The lowest BCUT2D eigenvalue weighted by atomic mass is 10.1. The summed E-state index contributed by atoms with van der Waals surface area (Å²) >= 11 is 0. The van der Waals surface area contributed by atoms with Gasteiger partial charge < -0.3 is 14.6 Å². The second-order valence-corrected chi connectivity index (χ2v) is 5.13. The largest absolute Gasteiger partial charge is 0.494 e. The highest BCUT2D eigenvalue weighted by molar-refractivity contribution is 6.04. The molecule has 1 amide bonds. The van der Waals surface area contributed by atoms with E-state index < -0.39 is 0 Å². The molecule has 1 aromatic heterocycles. The third-order valence-corrected chi connectivity index (χ3v) is 3.36. The zero-order valence-corrected chi connectivity index (χ0v) is 13.4. The van der Waals surface area contributed by atoms with Crippen molar-refractivity contribution >= 4 is 11.6 Å². The van der Waals surface area contributed by atoms with Crippen molar-refractivity contribution in [3.63, 3.8) is 0 Å². The van der Waals surface area contributed by atoms with E-state index >= 15 is 0 Å². The summed E-state index contributed by atoms with van der Waals surface area (Å²) in [5.41, 5.74) is 2.08. The molecule has 24 heavy (non-hydrogen) atoms. The van der Waals surface area contributed by atoms with Crippen molar-refractivity contribution in [2.45, 2.75) is 13.8 Å². The molecule has 0 spiro atoms. The van der Waals surface area contributed by atoms with Crippen LogP contribution in [0.2, 0.25) is 0 Å². The molecular formula is C18H17N3O3. The van der Waals surface area contributed by atoms with Gasteiger partial charge in [0.05, 0.1) is 6.61 Å². The fraction of sp³-hybridized carbons (Fsp3) is 0.167. The third-order valence-electron chi connectivity index (χ3n) is 3.36. The zero-order valence-electron chi connectivity index (χ0n) is 13.4. The Balaban J connectivity index is 1.68. The van der Waals surface area contributed by atoms with Crippen LogP contribution in [0.4, 0.5) is 5.69 Å². The van der Waals surface area contributed by atoms with E-state index in [1.165, 1.54) is 0 Å². The van der Waals surface area contributed by atoms with Crippen LogP contribution in [0.5, 0.6) is 5.75 Å². The number of anilines is 1. The fourth-order valence-corrected chi connectivity index (χ4v) is 2.19. The average molecular weight is 323 g/mol. The SMILES string of the molecule is CCOc1ccc(C(=O)Nc2ccc(-c3noc(C)n3)cc2)cc1. The number of hydrogen-bond acceptors (Lipinski definition) is 5. The Bertz CT molecular complexity index is 823. The summed E-state index contributed by atoms with van der Waals surface area (Å²) in [5.74, 6) is 1.60. The molecule has 0 fully saturated rings. The molecule has 0 atom stereocenters. The van der Waals surface area contributed by atoms with Crippen molar-refractivity contribution in [2.24, 2.45) is 0 Å². The van der Waals surface area contributed by atoms with Gasteiger partial charge >= 0.3 is 0 Å². The summed E-state index contributed by atoms with van der Waals surface area (Å²) in [5, 5.41) is 6.71. The maximum Gasteiger partial charge on any atom is 0.255 e. The molecule has 0 saturated heterocycles. The van der Waals surface area contributed by atoms with E-state index in [1.807, 2.05) is 19.1 Å². The molecule has 0 bridgehead atoms. The van der Waals surface area contributed by atoms with E-state index in [2.05, 4.69) is 15.5 Å². The quantitative estimate of drug-likeness (QED) is 0.774. The lowest BCUT2D eigenvalue weighted by Gasteiger charge is -2.07. The van der Waals surface area contributed by atoms with Crippen molar-refractivity contribution in [1.29, 1.82) is 0 Å². The Morgan fingerprint density at radius 2 is 1.83 bits per heavy atom. The molecule has 0 unspecified atom stereocenters. The minimum absolute atomic E-state index is 0.179. The van der Waals surface area contributed by atoms with Gasteiger partial charge in [-0.2, -0.15) is 4.98 Å². The highest BCUT2D eigenvalue weighted by Gasteiger charge is 2.08. The molecule has 1 N–H and O–H groups in total.